The molecule has 1 saturated carbocycles. The van der Waals surface area contributed by atoms with Crippen LogP contribution in [0.1, 0.15) is 52.2 Å². The molecule has 130 valence electrons. The summed E-state index contributed by atoms with van der Waals surface area (Å²) in [5.74, 6) is 1.73. The molecule has 1 amide bonds. The van der Waals surface area contributed by atoms with Gasteiger partial charge in [-0.2, -0.15) is 5.10 Å². The van der Waals surface area contributed by atoms with Gasteiger partial charge in [-0.15, -0.1) is 0 Å². The van der Waals surface area contributed by atoms with E-state index in [0.717, 1.165) is 5.69 Å². The molecule has 0 N–H and O–H groups in total. The molecule has 7 nitrogen and oxygen atoms in total. The van der Waals surface area contributed by atoms with Crippen LogP contribution in [0.3, 0.4) is 0 Å². The maximum absolute atomic E-state index is 12.9. The van der Waals surface area contributed by atoms with Gasteiger partial charge in [0.2, 0.25) is 0 Å². The smallest absolute Gasteiger partial charge is 0.276 e. The highest BCUT2D eigenvalue weighted by Crippen LogP contribution is 2.40. The van der Waals surface area contributed by atoms with Crippen LogP contribution in [0.2, 0.25) is 0 Å². The molecule has 3 heterocycles. The van der Waals surface area contributed by atoms with Crippen molar-refractivity contribution >= 4 is 5.91 Å². The Kier molecular flexibility index (Phi) is 3.91. The van der Waals surface area contributed by atoms with Crippen molar-refractivity contribution in [3.63, 3.8) is 0 Å². The van der Waals surface area contributed by atoms with Crippen molar-refractivity contribution in [2.75, 3.05) is 0 Å². The van der Waals surface area contributed by atoms with Crippen molar-refractivity contribution in [3.05, 3.63) is 59.1 Å². The van der Waals surface area contributed by atoms with Gasteiger partial charge in [-0.05, 0) is 38.0 Å². The number of carbonyl (C=O) groups is 1. The molecule has 7 heteroatoms. The summed E-state index contributed by atoms with van der Waals surface area (Å²) in [7, 11) is 1.96. The Morgan fingerprint density at radius 3 is 2.84 bits per heavy atom. The van der Waals surface area contributed by atoms with Crippen LogP contribution in [0.4, 0.5) is 0 Å². The highest BCUT2D eigenvalue weighted by Gasteiger charge is 2.28. The number of amides is 1. The fourth-order valence-corrected chi connectivity index (χ4v) is 3.00. The molecule has 0 saturated heterocycles. The van der Waals surface area contributed by atoms with Gasteiger partial charge >= 0.3 is 0 Å². The molecule has 3 aromatic rings. The minimum Gasteiger partial charge on any atom is -0.467 e. The molecule has 0 atom stereocenters. The molecular formula is C18H20N4O3. The number of hydrogen-bond donors (Lipinski definition) is 0. The van der Waals surface area contributed by atoms with Gasteiger partial charge in [0.15, 0.2) is 5.69 Å². The minimum atomic E-state index is -0.202. The monoisotopic (exact) mass is 340 g/mol. The van der Waals surface area contributed by atoms with Crippen molar-refractivity contribution < 1.29 is 13.7 Å². The van der Waals surface area contributed by atoms with Crippen molar-refractivity contribution in [3.8, 4) is 0 Å². The van der Waals surface area contributed by atoms with Gasteiger partial charge in [0.05, 0.1) is 25.0 Å². The van der Waals surface area contributed by atoms with Gasteiger partial charge in [-0.25, -0.2) is 0 Å². The van der Waals surface area contributed by atoms with Crippen molar-refractivity contribution in [2.24, 2.45) is 7.05 Å². The molecule has 0 unspecified atom stereocenters. The van der Waals surface area contributed by atoms with Crippen molar-refractivity contribution in [1.82, 2.24) is 19.8 Å². The van der Waals surface area contributed by atoms with Crippen LogP contribution in [0.25, 0.3) is 0 Å². The van der Waals surface area contributed by atoms with E-state index in [0.29, 0.717) is 36.2 Å². The van der Waals surface area contributed by atoms with E-state index in [-0.39, 0.29) is 5.91 Å². The Balaban J connectivity index is 1.58. The standard InChI is InChI=1S/C18H20N4O3/c1-12-8-16(20-25-12)18(23)22(11-15-4-3-7-24-15)10-14-9-17(13-5-6-13)21(2)19-14/h3-4,7-9,13H,5-6,10-11H2,1-2H3. The molecule has 0 bridgehead atoms. The van der Waals surface area contributed by atoms with Crippen LogP contribution in [-0.4, -0.2) is 25.7 Å². The molecule has 1 fully saturated rings. The van der Waals surface area contributed by atoms with E-state index in [2.05, 4.69) is 16.3 Å². The average molecular weight is 340 g/mol. The normalized spacial score (nSPS) is 14.0. The van der Waals surface area contributed by atoms with E-state index in [1.807, 2.05) is 23.9 Å². The molecule has 3 aromatic heterocycles. The Bertz CT molecular complexity index is 874. The molecule has 4 rings (SSSR count). The van der Waals surface area contributed by atoms with Gasteiger partial charge < -0.3 is 13.8 Å². The highest BCUT2D eigenvalue weighted by molar-refractivity contribution is 5.92. The fraction of sp³-hybridized carbons (Fsp3) is 0.389. The van der Waals surface area contributed by atoms with E-state index >= 15 is 0 Å². The second-order valence-corrected chi connectivity index (χ2v) is 6.52. The predicted octanol–water partition coefficient (Wildman–Crippen LogP) is 3.03. The third-order valence-electron chi connectivity index (χ3n) is 4.38. The van der Waals surface area contributed by atoms with Crippen molar-refractivity contribution in [1.29, 1.82) is 0 Å². The van der Waals surface area contributed by atoms with Gasteiger partial charge in [0.25, 0.3) is 5.91 Å². The summed E-state index contributed by atoms with van der Waals surface area (Å²) in [5, 5.41) is 8.42. The summed E-state index contributed by atoms with van der Waals surface area (Å²) >= 11 is 0. The van der Waals surface area contributed by atoms with E-state index in [4.69, 9.17) is 8.94 Å². The van der Waals surface area contributed by atoms with Crippen LogP contribution >= 0.6 is 0 Å². The second-order valence-electron chi connectivity index (χ2n) is 6.52. The Labute approximate surface area is 145 Å². The second kappa shape index (κ2) is 6.23. The third-order valence-corrected chi connectivity index (χ3v) is 4.38. The Morgan fingerprint density at radius 1 is 1.36 bits per heavy atom. The molecule has 1 aliphatic carbocycles. The number of hydrogen-bond acceptors (Lipinski definition) is 5. The van der Waals surface area contributed by atoms with Crippen LogP contribution in [0.5, 0.6) is 0 Å². The fourth-order valence-electron chi connectivity index (χ4n) is 3.00. The minimum absolute atomic E-state index is 0.202. The number of aryl methyl sites for hydroxylation is 2. The Hall–Kier alpha value is -2.83. The molecule has 0 aliphatic heterocycles. The number of furan rings is 1. The number of nitrogens with zero attached hydrogens (tertiary/aromatic N) is 4. The van der Waals surface area contributed by atoms with Crippen molar-refractivity contribution in [2.45, 2.75) is 38.8 Å². The number of aromatic nitrogens is 3. The molecule has 0 radical (unpaired) electrons. The lowest BCUT2D eigenvalue weighted by atomic mass is 10.2. The lowest BCUT2D eigenvalue weighted by Crippen LogP contribution is -2.30. The number of rotatable bonds is 6. The summed E-state index contributed by atoms with van der Waals surface area (Å²) in [6, 6.07) is 7.40. The zero-order chi connectivity index (χ0) is 17.4. The van der Waals surface area contributed by atoms with Gasteiger partial charge in [0.1, 0.15) is 11.5 Å². The third kappa shape index (κ3) is 3.35. The lowest BCUT2D eigenvalue weighted by Gasteiger charge is -2.19. The van der Waals surface area contributed by atoms with Crippen LogP contribution in [0, 0.1) is 6.92 Å². The van der Waals surface area contributed by atoms with Gasteiger partial charge in [-0.1, -0.05) is 5.16 Å². The molecule has 1 aliphatic rings. The van der Waals surface area contributed by atoms with Crippen LogP contribution < -0.4 is 0 Å². The molecule has 0 spiro atoms. The summed E-state index contributed by atoms with van der Waals surface area (Å²) in [5.41, 5.74) is 2.39. The first-order valence-corrected chi connectivity index (χ1v) is 8.38. The predicted molar refractivity (Wildman–Crippen MR) is 88.7 cm³/mol. The Morgan fingerprint density at radius 2 is 2.20 bits per heavy atom. The van der Waals surface area contributed by atoms with Crippen LogP contribution in [-0.2, 0) is 20.1 Å². The highest BCUT2D eigenvalue weighted by atomic mass is 16.5. The van der Waals surface area contributed by atoms with E-state index in [1.54, 1.807) is 24.2 Å². The summed E-state index contributed by atoms with van der Waals surface area (Å²) < 4.78 is 12.4. The summed E-state index contributed by atoms with van der Waals surface area (Å²) in [4.78, 5) is 14.5. The SMILES string of the molecule is Cc1cc(C(=O)N(Cc2cc(C3CC3)n(C)n2)Cc2ccco2)no1. The molecule has 25 heavy (non-hydrogen) atoms. The van der Waals surface area contributed by atoms with Gasteiger partial charge in [-0.3, -0.25) is 9.48 Å². The molecule has 0 aromatic carbocycles. The quantitative estimate of drug-likeness (QED) is 0.689. The lowest BCUT2D eigenvalue weighted by molar-refractivity contribution is 0.0704. The first kappa shape index (κ1) is 15.7. The number of carbonyl (C=O) groups excluding carboxylic acids is 1. The van der Waals surface area contributed by atoms with E-state index in [9.17, 15) is 4.79 Å². The zero-order valence-electron chi connectivity index (χ0n) is 14.3. The first-order valence-electron chi connectivity index (χ1n) is 8.38. The maximum atomic E-state index is 12.9. The summed E-state index contributed by atoms with van der Waals surface area (Å²) in [6.45, 7) is 2.51. The largest absolute Gasteiger partial charge is 0.467 e. The first-order chi connectivity index (χ1) is 12.1. The summed E-state index contributed by atoms with van der Waals surface area (Å²) in [6.07, 6.45) is 4.03. The average Bonchev–Trinajstić information content (AvgIpc) is 2.96. The van der Waals surface area contributed by atoms with E-state index in [1.165, 1.54) is 18.5 Å². The van der Waals surface area contributed by atoms with Crippen LogP contribution in [0.15, 0.2) is 39.5 Å². The van der Waals surface area contributed by atoms with Gasteiger partial charge in [0, 0.05) is 24.7 Å². The van der Waals surface area contributed by atoms with E-state index < -0.39 is 0 Å². The zero-order valence-corrected chi connectivity index (χ0v) is 14.3. The topological polar surface area (TPSA) is 77.3 Å². The molecular weight excluding hydrogens is 320 g/mol. The maximum Gasteiger partial charge on any atom is 0.276 e.